The summed E-state index contributed by atoms with van der Waals surface area (Å²) >= 11 is 4.75. The molecule has 0 saturated heterocycles. The summed E-state index contributed by atoms with van der Waals surface area (Å²) < 4.78 is 2.89. The molecule has 3 aromatic carbocycles. The number of hydrogen-bond donors (Lipinski definition) is 1. The first-order valence-electron chi connectivity index (χ1n) is 10.6. The summed E-state index contributed by atoms with van der Waals surface area (Å²) in [4.78, 5) is 17.3. The number of carbonyl (C=O) groups is 1. The molecule has 5 aromatic rings. The van der Waals surface area contributed by atoms with Crippen molar-refractivity contribution >= 4 is 50.2 Å². The van der Waals surface area contributed by atoms with Crippen molar-refractivity contribution in [2.45, 2.75) is 5.16 Å². The minimum atomic E-state index is -0.0994. The Balaban J connectivity index is 1.42. The Hall–Kier alpha value is -3.49. The van der Waals surface area contributed by atoms with Gasteiger partial charge in [0.25, 0.3) is 0 Å². The quantitative estimate of drug-likeness (QED) is 0.265. The van der Waals surface area contributed by atoms with Crippen LogP contribution in [0.4, 0.5) is 5.69 Å². The molecular formula is C26H20BrN5OS. The number of carbonyl (C=O) groups excluding carboxylic acids is 1. The number of nitrogens with one attached hydrogen (secondary N) is 1. The Morgan fingerprint density at radius 2 is 1.71 bits per heavy atom. The van der Waals surface area contributed by atoms with E-state index in [1.54, 1.807) is 0 Å². The summed E-state index contributed by atoms with van der Waals surface area (Å²) in [6, 6.07) is 27.6. The molecule has 168 valence electrons. The average molecular weight is 530 g/mol. The van der Waals surface area contributed by atoms with E-state index >= 15 is 0 Å². The third-order valence-electron chi connectivity index (χ3n) is 5.32. The third-order valence-corrected chi connectivity index (χ3v) is 6.87. The van der Waals surface area contributed by atoms with Crippen molar-refractivity contribution in [2.24, 2.45) is 7.05 Å². The predicted molar refractivity (Wildman–Crippen MR) is 141 cm³/mol. The highest BCUT2D eigenvalue weighted by molar-refractivity contribution is 9.10. The average Bonchev–Trinajstić information content (AvgIpc) is 3.24. The van der Waals surface area contributed by atoms with E-state index in [1.165, 1.54) is 11.8 Å². The molecule has 0 aliphatic rings. The second kappa shape index (κ2) is 9.79. The number of fused-ring (bicyclic) bond motifs is 1. The van der Waals surface area contributed by atoms with Crippen molar-refractivity contribution in [3.8, 4) is 22.6 Å². The lowest BCUT2D eigenvalue weighted by molar-refractivity contribution is -0.113. The molecule has 0 radical (unpaired) electrons. The molecule has 8 heteroatoms. The molecule has 1 N–H and O–H groups in total. The van der Waals surface area contributed by atoms with E-state index in [-0.39, 0.29) is 11.7 Å². The minimum absolute atomic E-state index is 0.0994. The smallest absolute Gasteiger partial charge is 0.234 e. The van der Waals surface area contributed by atoms with Gasteiger partial charge in [-0.05, 0) is 36.4 Å². The molecule has 0 spiro atoms. The van der Waals surface area contributed by atoms with Crippen molar-refractivity contribution in [2.75, 3.05) is 11.1 Å². The van der Waals surface area contributed by atoms with E-state index in [9.17, 15) is 4.79 Å². The Kier molecular flexibility index (Phi) is 6.42. The molecule has 2 heterocycles. The van der Waals surface area contributed by atoms with Gasteiger partial charge >= 0.3 is 0 Å². The van der Waals surface area contributed by atoms with Gasteiger partial charge in [-0.3, -0.25) is 4.79 Å². The van der Waals surface area contributed by atoms with Crippen LogP contribution < -0.4 is 5.32 Å². The molecule has 0 atom stereocenters. The largest absolute Gasteiger partial charge is 0.325 e. The van der Waals surface area contributed by atoms with Crippen molar-refractivity contribution in [1.29, 1.82) is 0 Å². The second-order valence-electron chi connectivity index (χ2n) is 7.65. The van der Waals surface area contributed by atoms with E-state index in [1.807, 2.05) is 90.5 Å². The SMILES string of the molecule is Cn1c(SCC(=O)Nc2ccc(Br)cc2)nnc1-c1cc(-c2ccccc2)nc2ccccc12. The number of anilines is 1. The summed E-state index contributed by atoms with van der Waals surface area (Å²) in [5.74, 6) is 0.859. The van der Waals surface area contributed by atoms with Crippen LogP contribution in [0.1, 0.15) is 0 Å². The van der Waals surface area contributed by atoms with E-state index in [0.717, 1.165) is 43.7 Å². The fraction of sp³-hybridized carbons (Fsp3) is 0.0769. The van der Waals surface area contributed by atoms with Gasteiger partial charge in [0.2, 0.25) is 5.91 Å². The van der Waals surface area contributed by atoms with Crippen LogP contribution in [-0.2, 0) is 11.8 Å². The molecule has 0 fully saturated rings. The maximum Gasteiger partial charge on any atom is 0.234 e. The molecule has 0 saturated carbocycles. The zero-order valence-electron chi connectivity index (χ0n) is 18.3. The molecule has 1 amide bonds. The standard InChI is InChI=1S/C26H20BrN5OS/c1-32-25(30-31-26(32)34-16-24(33)28-19-13-11-18(27)12-14-19)21-15-23(17-7-3-2-4-8-17)29-22-10-6-5-9-20(21)22/h2-15H,16H2,1H3,(H,28,33). The van der Waals surface area contributed by atoms with Crippen molar-refractivity contribution in [1.82, 2.24) is 19.7 Å². The van der Waals surface area contributed by atoms with Gasteiger partial charge in [-0.15, -0.1) is 10.2 Å². The summed E-state index contributed by atoms with van der Waals surface area (Å²) in [5, 5.41) is 13.4. The van der Waals surface area contributed by atoms with Gasteiger partial charge in [-0.1, -0.05) is 76.2 Å². The Morgan fingerprint density at radius 1 is 0.971 bits per heavy atom. The Labute approximate surface area is 209 Å². The lowest BCUT2D eigenvalue weighted by atomic mass is 10.0. The van der Waals surface area contributed by atoms with Gasteiger partial charge in [0.1, 0.15) is 0 Å². The normalized spacial score (nSPS) is 11.0. The number of aromatic nitrogens is 4. The number of rotatable bonds is 6. The number of para-hydroxylation sites is 1. The van der Waals surface area contributed by atoms with Crippen LogP contribution in [0.25, 0.3) is 33.5 Å². The van der Waals surface area contributed by atoms with Crippen LogP contribution in [0.5, 0.6) is 0 Å². The van der Waals surface area contributed by atoms with Gasteiger partial charge < -0.3 is 9.88 Å². The summed E-state index contributed by atoms with van der Waals surface area (Å²) in [6.45, 7) is 0. The van der Waals surface area contributed by atoms with E-state index in [0.29, 0.717) is 5.16 Å². The highest BCUT2D eigenvalue weighted by atomic mass is 79.9. The first-order chi connectivity index (χ1) is 16.6. The fourth-order valence-electron chi connectivity index (χ4n) is 3.65. The van der Waals surface area contributed by atoms with E-state index in [2.05, 4.69) is 37.5 Å². The number of nitrogens with zero attached hydrogens (tertiary/aromatic N) is 4. The number of halogens is 1. The zero-order valence-corrected chi connectivity index (χ0v) is 20.7. The number of hydrogen-bond acceptors (Lipinski definition) is 5. The van der Waals surface area contributed by atoms with Crippen LogP contribution in [-0.4, -0.2) is 31.4 Å². The molecule has 6 nitrogen and oxygen atoms in total. The number of pyridine rings is 1. The van der Waals surface area contributed by atoms with Crippen molar-refractivity contribution in [3.05, 3.63) is 89.4 Å². The van der Waals surface area contributed by atoms with E-state index < -0.39 is 0 Å². The Morgan fingerprint density at radius 3 is 2.50 bits per heavy atom. The van der Waals surface area contributed by atoms with Crippen LogP contribution >= 0.6 is 27.7 Å². The molecule has 0 aliphatic carbocycles. The van der Waals surface area contributed by atoms with Crippen molar-refractivity contribution < 1.29 is 4.79 Å². The van der Waals surface area contributed by atoms with Crippen LogP contribution in [0.2, 0.25) is 0 Å². The lowest BCUT2D eigenvalue weighted by Crippen LogP contribution is -2.14. The topological polar surface area (TPSA) is 72.7 Å². The molecule has 0 aliphatic heterocycles. The van der Waals surface area contributed by atoms with Gasteiger partial charge in [-0.25, -0.2) is 4.98 Å². The highest BCUT2D eigenvalue weighted by Gasteiger charge is 2.17. The van der Waals surface area contributed by atoms with Crippen molar-refractivity contribution in [3.63, 3.8) is 0 Å². The van der Waals surface area contributed by atoms with Crippen LogP contribution in [0, 0.1) is 0 Å². The first kappa shape index (κ1) is 22.3. The molecule has 5 rings (SSSR count). The molecule has 2 aromatic heterocycles. The predicted octanol–water partition coefficient (Wildman–Crippen LogP) is 6.19. The highest BCUT2D eigenvalue weighted by Crippen LogP contribution is 2.32. The van der Waals surface area contributed by atoms with Gasteiger partial charge in [0.05, 0.1) is 17.0 Å². The lowest BCUT2D eigenvalue weighted by Gasteiger charge is -2.10. The molecular weight excluding hydrogens is 510 g/mol. The minimum Gasteiger partial charge on any atom is -0.325 e. The maximum atomic E-state index is 12.4. The maximum absolute atomic E-state index is 12.4. The van der Waals surface area contributed by atoms with Gasteiger partial charge in [-0.2, -0.15) is 0 Å². The monoisotopic (exact) mass is 529 g/mol. The first-order valence-corrected chi connectivity index (χ1v) is 12.4. The zero-order chi connectivity index (χ0) is 23.5. The van der Waals surface area contributed by atoms with Crippen LogP contribution in [0.15, 0.2) is 94.6 Å². The molecule has 34 heavy (non-hydrogen) atoms. The Bertz CT molecular complexity index is 1470. The van der Waals surface area contributed by atoms with Gasteiger partial charge in [0.15, 0.2) is 11.0 Å². The summed E-state index contributed by atoms with van der Waals surface area (Å²) in [7, 11) is 1.92. The summed E-state index contributed by atoms with van der Waals surface area (Å²) in [6.07, 6.45) is 0. The fourth-order valence-corrected chi connectivity index (χ4v) is 4.63. The summed E-state index contributed by atoms with van der Waals surface area (Å²) in [5.41, 5.74) is 4.51. The van der Waals surface area contributed by atoms with Gasteiger partial charge in [0, 0.05) is 33.7 Å². The second-order valence-corrected chi connectivity index (χ2v) is 9.51. The number of benzene rings is 3. The molecule has 0 bridgehead atoms. The van der Waals surface area contributed by atoms with E-state index in [4.69, 9.17) is 4.98 Å². The molecule has 0 unspecified atom stereocenters. The number of thioether (sulfide) groups is 1. The van der Waals surface area contributed by atoms with Crippen LogP contribution in [0.3, 0.4) is 0 Å². The number of amides is 1. The third kappa shape index (κ3) is 4.73.